The van der Waals surface area contributed by atoms with E-state index in [4.69, 9.17) is 0 Å². The second-order valence-electron chi connectivity index (χ2n) is 3.03. The van der Waals surface area contributed by atoms with Crippen molar-refractivity contribution in [2.24, 2.45) is 0 Å². The molecule has 50 valence electrons. The van der Waals surface area contributed by atoms with Crippen LogP contribution in [0.15, 0.2) is 0 Å². The van der Waals surface area contributed by atoms with Crippen LogP contribution in [0.1, 0.15) is 25.7 Å². The molecule has 0 radical (unpaired) electrons. The van der Waals surface area contributed by atoms with Gasteiger partial charge in [-0.25, -0.2) is 0 Å². The van der Waals surface area contributed by atoms with Crippen LogP contribution in [0.4, 0.5) is 0 Å². The van der Waals surface area contributed by atoms with Crippen LogP contribution in [0.3, 0.4) is 0 Å². The van der Waals surface area contributed by atoms with E-state index >= 15 is 0 Å². The molecule has 3 rings (SSSR count). The van der Waals surface area contributed by atoms with Crippen LogP contribution < -0.4 is 0 Å². The van der Waals surface area contributed by atoms with Gasteiger partial charge in [0.05, 0.1) is 0 Å². The standard InChI is InChI=1S/C7H11NO/c9-5-8-6-2-1-3-7(8)4-6/h5-7H,1-4H2/t6-,7?/m1/s1. The Morgan fingerprint density at radius 2 is 2.00 bits per heavy atom. The molecule has 9 heavy (non-hydrogen) atoms. The van der Waals surface area contributed by atoms with Gasteiger partial charge in [-0.15, -0.1) is 0 Å². The second kappa shape index (κ2) is 1.72. The van der Waals surface area contributed by atoms with E-state index in [0.29, 0.717) is 12.1 Å². The van der Waals surface area contributed by atoms with Gasteiger partial charge in [-0.1, -0.05) is 0 Å². The van der Waals surface area contributed by atoms with E-state index in [2.05, 4.69) is 0 Å². The number of nitrogens with zero attached hydrogens (tertiary/aromatic N) is 1. The van der Waals surface area contributed by atoms with Gasteiger partial charge in [-0.05, 0) is 25.7 Å². The summed E-state index contributed by atoms with van der Waals surface area (Å²) < 4.78 is 0. The molecule has 2 heteroatoms. The van der Waals surface area contributed by atoms with Crippen molar-refractivity contribution in [3.63, 3.8) is 0 Å². The molecular formula is C7H11NO. The highest BCUT2D eigenvalue weighted by Gasteiger charge is 2.39. The zero-order valence-corrected chi connectivity index (χ0v) is 5.42. The zero-order valence-electron chi connectivity index (χ0n) is 5.42. The third kappa shape index (κ3) is 0.590. The quantitative estimate of drug-likeness (QED) is 0.474. The van der Waals surface area contributed by atoms with Crippen molar-refractivity contribution in [2.75, 3.05) is 0 Å². The molecule has 2 saturated heterocycles. The lowest BCUT2D eigenvalue weighted by atomic mass is 9.80. The molecule has 0 spiro atoms. The summed E-state index contributed by atoms with van der Waals surface area (Å²) in [6.45, 7) is 0. The largest absolute Gasteiger partial charge is 0.339 e. The number of carbonyl (C=O) groups is 1. The predicted molar refractivity (Wildman–Crippen MR) is 33.9 cm³/mol. The second-order valence-corrected chi connectivity index (χ2v) is 3.03. The van der Waals surface area contributed by atoms with Gasteiger partial charge in [-0.3, -0.25) is 4.79 Å². The Bertz CT molecular complexity index is 121. The first-order chi connectivity index (χ1) is 4.42. The van der Waals surface area contributed by atoms with Crippen molar-refractivity contribution in [3.8, 4) is 0 Å². The zero-order chi connectivity index (χ0) is 6.27. The number of rotatable bonds is 1. The van der Waals surface area contributed by atoms with E-state index in [0.717, 1.165) is 6.41 Å². The molecule has 0 aromatic carbocycles. The first-order valence-electron chi connectivity index (χ1n) is 3.64. The number of hydrogen-bond donors (Lipinski definition) is 0. The average Bonchev–Trinajstić information content (AvgIpc) is 1.90. The highest BCUT2D eigenvalue weighted by atomic mass is 16.1. The topological polar surface area (TPSA) is 20.3 Å². The minimum Gasteiger partial charge on any atom is -0.339 e. The van der Waals surface area contributed by atoms with Gasteiger partial charge in [-0.2, -0.15) is 0 Å². The fraction of sp³-hybridized carbons (Fsp3) is 0.857. The molecule has 0 aromatic rings. The Morgan fingerprint density at radius 3 is 2.33 bits per heavy atom. The molecule has 0 N–H and O–H groups in total. The van der Waals surface area contributed by atoms with E-state index in [9.17, 15) is 4.79 Å². The number of piperidine rings is 1. The van der Waals surface area contributed by atoms with Gasteiger partial charge in [0.1, 0.15) is 0 Å². The number of hydrogen-bond acceptors (Lipinski definition) is 1. The smallest absolute Gasteiger partial charge is 0.210 e. The Morgan fingerprint density at radius 1 is 1.33 bits per heavy atom. The van der Waals surface area contributed by atoms with Crippen molar-refractivity contribution >= 4 is 6.41 Å². The minimum atomic E-state index is 0.626. The molecule has 3 fully saturated rings. The van der Waals surface area contributed by atoms with Crippen molar-refractivity contribution in [1.82, 2.24) is 4.90 Å². The highest BCUT2D eigenvalue weighted by molar-refractivity contribution is 5.50. The number of fused-ring (bicyclic) bond motifs is 2. The summed E-state index contributed by atoms with van der Waals surface area (Å²) in [5.74, 6) is 0. The number of amides is 1. The lowest BCUT2D eigenvalue weighted by Gasteiger charge is -2.50. The summed E-state index contributed by atoms with van der Waals surface area (Å²) >= 11 is 0. The molecule has 1 saturated carbocycles. The Hall–Kier alpha value is -0.530. The molecular weight excluding hydrogens is 114 g/mol. The Labute approximate surface area is 54.8 Å². The number of carbonyl (C=O) groups excluding carboxylic acids is 1. The van der Waals surface area contributed by atoms with Crippen LogP contribution >= 0.6 is 0 Å². The van der Waals surface area contributed by atoms with Crippen LogP contribution in [0.25, 0.3) is 0 Å². The minimum absolute atomic E-state index is 0.626. The van der Waals surface area contributed by atoms with Crippen molar-refractivity contribution in [2.45, 2.75) is 37.8 Å². The maximum Gasteiger partial charge on any atom is 0.210 e. The van der Waals surface area contributed by atoms with E-state index in [-0.39, 0.29) is 0 Å². The van der Waals surface area contributed by atoms with Gasteiger partial charge < -0.3 is 4.90 Å². The van der Waals surface area contributed by atoms with Gasteiger partial charge in [0.2, 0.25) is 6.41 Å². The Balaban J connectivity index is 2.04. The fourth-order valence-electron chi connectivity index (χ4n) is 2.01. The third-order valence-electron chi connectivity index (χ3n) is 2.58. The lowest BCUT2D eigenvalue weighted by molar-refractivity contribution is -0.134. The molecule has 2 nitrogen and oxygen atoms in total. The molecule has 0 aromatic heterocycles. The summed E-state index contributed by atoms with van der Waals surface area (Å²) in [5, 5.41) is 0. The van der Waals surface area contributed by atoms with Gasteiger partial charge in [0.15, 0.2) is 0 Å². The van der Waals surface area contributed by atoms with Crippen molar-refractivity contribution in [3.05, 3.63) is 0 Å². The van der Waals surface area contributed by atoms with Crippen molar-refractivity contribution < 1.29 is 4.79 Å². The van der Waals surface area contributed by atoms with E-state index in [1.807, 2.05) is 4.90 Å². The van der Waals surface area contributed by atoms with Crippen LogP contribution in [-0.2, 0) is 4.79 Å². The molecule has 1 amide bonds. The SMILES string of the molecule is O=CN1C2CCC[C@@H]1C2. The third-order valence-corrected chi connectivity index (χ3v) is 2.58. The van der Waals surface area contributed by atoms with Crippen LogP contribution in [0.2, 0.25) is 0 Å². The monoisotopic (exact) mass is 125 g/mol. The van der Waals surface area contributed by atoms with Crippen LogP contribution in [-0.4, -0.2) is 23.4 Å². The normalized spacial score (nSPS) is 39.8. The van der Waals surface area contributed by atoms with E-state index < -0.39 is 0 Å². The molecule has 2 bridgehead atoms. The maximum atomic E-state index is 10.3. The summed E-state index contributed by atoms with van der Waals surface area (Å²) in [4.78, 5) is 12.3. The molecule has 3 aliphatic rings. The van der Waals surface area contributed by atoms with Crippen LogP contribution in [0.5, 0.6) is 0 Å². The molecule has 1 aliphatic carbocycles. The summed E-state index contributed by atoms with van der Waals surface area (Å²) in [7, 11) is 0. The summed E-state index contributed by atoms with van der Waals surface area (Å²) in [6, 6.07) is 1.25. The highest BCUT2D eigenvalue weighted by Crippen LogP contribution is 2.36. The first-order valence-corrected chi connectivity index (χ1v) is 3.64. The predicted octanol–water partition coefficient (Wildman–Crippen LogP) is 0.770. The lowest BCUT2D eigenvalue weighted by Crippen LogP contribution is -2.57. The van der Waals surface area contributed by atoms with E-state index in [1.54, 1.807) is 0 Å². The van der Waals surface area contributed by atoms with Gasteiger partial charge >= 0.3 is 0 Å². The maximum absolute atomic E-state index is 10.3. The first kappa shape index (κ1) is 5.27. The van der Waals surface area contributed by atoms with Crippen LogP contribution in [0, 0.1) is 0 Å². The average molecular weight is 125 g/mol. The van der Waals surface area contributed by atoms with Gasteiger partial charge in [0.25, 0.3) is 0 Å². The Kier molecular flexibility index (Phi) is 1.01. The summed E-state index contributed by atoms with van der Waals surface area (Å²) in [6.07, 6.45) is 6.11. The van der Waals surface area contributed by atoms with Crippen molar-refractivity contribution in [1.29, 1.82) is 0 Å². The van der Waals surface area contributed by atoms with E-state index in [1.165, 1.54) is 25.7 Å². The fourth-order valence-corrected chi connectivity index (χ4v) is 2.01. The summed E-state index contributed by atoms with van der Waals surface area (Å²) in [5.41, 5.74) is 0. The molecule has 2 aliphatic heterocycles. The molecule has 2 heterocycles. The van der Waals surface area contributed by atoms with Gasteiger partial charge in [0, 0.05) is 12.1 Å². The molecule has 1 unspecified atom stereocenters. The molecule has 2 atom stereocenters.